The fraction of sp³-hybridized carbons (Fsp3) is 0.250. The van der Waals surface area contributed by atoms with E-state index in [1.54, 1.807) is 12.1 Å². The normalized spacial score (nSPS) is 8.43. The Morgan fingerprint density at radius 3 is 2.21 bits per heavy atom. The van der Waals surface area contributed by atoms with Crippen LogP contribution in [0.1, 0.15) is 23.7 Å². The topological polar surface area (TPSA) is 37.3 Å². The third-order valence-corrected chi connectivity index (χ3v) is 1.47. The third-order valence-electron chi connectivity index (χ3n) is 1.47. The highest BCUT2D eigenvalue weighted by Gasteiger charge is 1.80. The van der Waals surface area contributed by atoms with Crippen molar-refractivity contribution in [2.24, 2.45) is 0 Å². The van der Waals surface area contributed by atoms with Crippen molar-refractivity contribution < 1.29 is 9.90 Å². The monoisotopic (exact) mass is 192 g/mol. The molecule has 0 saturated heterocycles. The Kier molecular flexibility index (Phi) is 7.37. The van der Waals surface area contributed by atoms with Gasteiger partial charge in [-0.05, 0) is 13.3 Å². The first-order valence-electron chi connectivity index (χ1n) is 4.46. The summed E-state index contributed by atoms with van der Waals surface area (Å²) in [6, 6.07) is 9.10. The molecule has 0 spiro atoms. The Balaban J connectivity index is 0.000000255. The smallest absolute Gasteiger partial charge is 0.150 e. The van der Waals surface area contributed by atoms with E-state index in [1.807, 2.05) is 25.1 Å². The number of carbonyl (C=O) groups is 1. The first-order chi connectivity index (χ1) is 6.70. The molecule has 2 nitrogen and oxygen atoms in total. The second kappa shape index (κ2) is 8.20. The quantitative estimate of drug-likeness (QED) is 0.590. The maximum atomic E-state index is 10.0. The highest BCUT2D eigenvalue weighted by Crippen LogP contribution is 1.91. The Morgan fingerprint density at radius 1 is 1.43 bits per heavy atom. The maximum Gasteiger partial charge on any atom is 0.150 e. The van der Waals surface area contributed by atoms with Gasteiger partial charge in [0, 0.05) is 12.2 Å². The molecule has 0 fully saturated rings. The van der Waals surface area contributed by atoms with Crippen molar-refractivity contribution in [2.75, 3.05) is 6.61 Å². The van der Waals surface area contributed by atoms with Gasteiger partial charge in [0.1, 0.15) is 6.29 Å². The van der Waals surface area contributed by atoms with Crippen LogP contribution < -0.4 is 0 Å². The molecule has 0 atom stereocenters. The van der Waals surface area contributed by atoms with Crippen LogP contribution in [0.4, 0.5) is 0 Å². The predicted molar refractivity (Wildman–Crippen MR) is 58.3 cm³/mol. The van der Waals surface area contributed by atoms with Gasteiger partial charge in [0.05, 0.1) is 0 Å². The molecule has 0 aromatic heterocycles. The molecule has 76 valence electrons. The van der Waals surface area contributed by atoms with Gasteiger partial charge in [0.2, 0.25) is 0 Å². The summed E-state index contributed by atoms with van der Waals surface area (Å²) < 4.78 is 0. The molecule has 1 N–H and O–H groups in total. The molecule has 1 rings (SSSR count). The van der Waals surface area contributed by atoms with Crippen molar-refractivity contribution in [1.82, 2.24) is 0 Å². The van der Waals surface area contributed by atoms with Crippen molar-refractivity contribution in [3.8, 4) is 0 Å². The Morgan fingerprint density at radius 2 is 2.00 bits per heavy atom. The Bertz CT molecular complexity index is 265. The minimum atomic E-state index is 0.231. The molecule has 0 saturated carbocycles. The van der Waals surface area contributed by atoms with E-state index < -0.39 is 0 Å². The fourth-order valence-corrected chi connectivity index (χ4v) is 0.722. The third kappa shape index (κ3) is 7.25. The molecule has 1 aromatic rings. The second-order valence-electron chi connectivity index (χ2n) is 2.96. The summed E-state index contributed by atoms with van der Waals surface area (Å²) in [6.45, 7) is 5.72. The first kappa shape index (κ1) is 12.6. The molecule has 1 aromatic carbocycles. The van der Waals surface area contributed by atoms with Crippen molar-refractivity contribution in [3.05, 3.63) is 48.0 Å². The van der Waals surface area contributed by atoms with Crippen LogP contribution in [0.2, 0.25) is 0 Å². The highest BCUT2D eigenvalue weighted by molar-refractivity contribution is 5.74. The molecule has 2 heteroatoms. The van der Waals surface area contributed by atoms with Gasteiger partial charge in [0.25, 0.3) is 0 Å². The number of aliphatic hydroxyl groups excluding tert-OH is 1. The van der Waals surface area contributed by atoms with Crippen LogP contribution in [-0.2, 0) is 0 Å². The van der Waals surface area contributed by atoms with Gasteiger partial charge in [-0.2, -0.15) is 0 Å². The molecule has 0 amide bonds. The highest BCUT2D eigenvalue weighted by atomic mass is 16.2. The van der Waals surface area contributed by atoms with Crippen LogP contribution in [-0.4, -0.2) is 18.0 Å². The molecule has 0 radical (unpaired) electrons. The largest absolute Gasteiger partial charge is 0.396 e. The lowest BCUT2D eigenvalue weighted by atomic mass is 10.2. The van der Waals surface area contributed by atoms with E-state index in [9.17, 15) is 4.79 Å². The molecule has 0 aliphatic rings. The van der Waals surface area contributed by atoms with Gasteiger partial charge in [-0.15, -0.1) is 6.58 Å². The summed E-state index contributed by atoms with van der Waals surface area (Å²) in [4.78, 5) is 10.0. The predicted octanol–water partition coefficient (Wildman–Crippen LogP) is 2.44. The van der Waals surface area contributed by atoms with Gasteiger partial charge in [0.15, 0.2) is 0 Å². The van der Waals surface area contributed by atoms with Crippen LogP contribution in [0.5, 0.6) is 0 Å². The lowest BCUT2D eigenvalue weighted by Crippen LogP contribution is -1.79. The number of hydrogen-bond donors (Lipinski definition) is 1. The van der Waals surface area contributed by atoms with E-state index in [-0.39, 0.29) is 6.61 Å². The molecular formula is C12H16O2. The minimum absolute atomic E-state index is 0.231. The summed E-state index contributed by atoms with van der Waals surface area (Å²) in [5.41, 5.74) is 1.77. The average Bonchev–Trinajstić information content (AvgIpc) is 2.20. The summed E-state index contributed by atoms with van der Waals surface area (Å²) in [5.74, 6) is 0. The van der Waals surface area contributed by atoms with Crippen molar-refractivity contribution in [2.45, 2.75) is 13.3 Å². The summed E-state index contributed by atoms with van der Waals surface area (Å²) >= 11 is 0. The molecule has 0 aliphatic heterocycles. The number of aliphatic hydroxyl groups is 1. The number of aldehydes is 1. The van der Waals surface area contributed by atoms with E-state index in [0.29, 0.717) is 0 Å². The number of carbonyl (C=O) groups excluding carboxylic acids is 1. The van der Waals surface area contributed by atoms with Gasteiger partial charge in [-0.25, -0.2) is 0 Å². The van der Waals surface area contributed by atoms with Crippen LogP contribution in [0.25, 0.3) is 0 Å². The lowest BCUT2D eigenvalue weighted by molar-refractivity contribution is 0.112. The second-order valence-corrected chi connectivity index (χ2v) is 2.96. The Labute approximate surface area is 84.9 Å². The lowest BCUT2D eigenvalue weighted by Gasteiger charge is -1.87. The Hall–Kier alpha value is -1.41. The van der Waals surface area contributed by atoms with Crippen LogP contribution in [0.15, 0.2) is 42.5 Å². The van der Waals surface area contributed by atoms with Crippen LogP contribution in [0.3, 0.4) is 0 Å². The van der Waals surface area contributed by atoms with Gasteiger partial charge in [-0.3, -0.25) is 4.79 Å². The zero-order chi connectivity index (χ0) is 10.8. The van der Waals surface area contributed by atoms with E-state index in [0.717, 1.165) is 23.8 Å². The van der Waals surface area contributed by atoms with E-state index >= 15 is 0 Å². The first-order valence-corrected chi connectivity index (χ1v) is 4.46. The molecule has 0 aliphatic carbocycles. The summed E-state index contributed by atoms with van der Waals surface area (Å²) in [6.07, 6.45) is 1.57. The van der Waals surface area contributed by atoms with Crippen LogP contribution in [0, 0.1) is 0 Å². The maximum absolute atomic E-state index is 10.0. The minimum Gasteiger partial charge on any atom is -0.396 e. The summed E-state index contributed by atoms with van der Waals surface area (Å²) in [5, 5.41) is 8.18. The average molecular weight is 192 g/mol. The van der Waals surface area contributed by atoms with Gasteiger partial charge < -0.3 is 5.11 Å². The molecule has 0 bridgehead atoms. The number of benzene rings is 1. The summed E-state index contributed by atoms with van der Waals surface area (Å²) in [7, 11) is 0. The standard InChI is InChI=1S/C7H6O.C5H10O/c8-6-7-4-2-1-3-5-7;1-5(2)3-4-6/h1-6H;6H,1,3-4H2,2H3. The fourth-order valence-electron chi connectivity index (χ4n) is 0.722. The van der Waals surface area contributed by atoms with Gasteiger partial charge >= 0.3 is 0 Å². The molecule has 14 heavy (non-hydrogen) atoms. The number of rotatable bonds is 3. The van der Waals surface area contributed by atoms with Crippen molar-refractivity contribution in [3.63, 3.8) is 0 Å². The number of hydrogen-bond acceptors (Lipinski definition) is 2. The molecule has 0 heterocycles. The SMILES string of the molecule is C=C(C)CCO.O=Cc1ccccc1. The zero-order valence-corrected chi connectivity index (χ0v) is 8.44. The van der Waals surface area contributed by atoms with Crippen molar-refractivity contribution in [1.29, 1.82) is 0 Å². The van der Waals surface area contributed by atoms with Crippen LogP contribution >= 0.6 is 0 Å². The van der Waals surface area contributed by atoms with E-state index in [4.69, 9.17) is 5.11 Å². The van der Waals surface area contributed by atoms with E-state index in [1.165, 1.54) is 0 Å². The zero-order valence-electron chi connectivity index (χ0n) is 8.44. The molecule has 0 unspecified atom stereocenters. The van der Waals surface area contributed by atoms with E-state index in [2.05, 4.69) is 6.58 Å². The molecular weight excluding hydrogens is 176 g/mol. The van der Waals surface area contributed by atoms with Crippen molar-refractivity contribution >= 4 is 6.29 Å². The van der Waals surface area contributed by atoms with Gasteiger partial charge in [-0.1, -0.05) is 35.9 Å².